The molecule has 10 atom stereocenters. The fourth-order valence-corrected chi connectivity index (χ4v) is 7.61. The van der Waals surface area contributed by atoms with Gasteiger partial charge in [-0.05, 0) is 44.8 Å². The van der Waals surface area contributed by atoms with Crippen molar-refractivity contribution in [2.24, 2.45) is 0 Å². The lowest BCUT2D eigenvalue weighted by Crippen LogP contribution is -2.69. The lowest BCUT2D eigenvalue weighted by atomic mass is 9.93. The molecule has 24 heteroatoms. The molecule has 2 aliphatic rings. The molecule has 2 fully saturated rings. The lowest BCUT2D eigenvalue weighted by molar-refractivity contribution is -0.343. The Labute approximate surface area is 327 Å². The first kappa shape index (κ1) is 47.7. The Hall–Kier alpha value is -3.41. The summed E-state index contributed by atoms with van der Waals surface area (Å²) in [6.07, 6.45) is -16.1. The standard InChI is InChI=1S/C31H48N3O18PS2/c1-10-43-53(55,44-11-2)34-33-31(54)32-29-27(48-19(8)40)25(46-17(6)38)24(22(50-29)13-42-15(4)36)52-30-28(49-20(9)41)26(47-18(7)39)23(45-16(5)37)21(51-30)12-14(3)35/h21-30H,10-13H2,1-9H3,(H,34,55)(H2,32,33,54)/t21-,22-,23-,24-,25+,26+,27-,28-,29-,30-/m1/s1. The quantitative estimate of drug-likeness (QED) is 0.0551. The first-order chi connectivity index (χ1) is 25.7. The molecule has 0 bridgehead atoms. The van der Waals surface area contributed by atoms with Crippen molar-refractivity contribution in [2.75, 3.05) is 19.8 Å². The smallest absolute Gasteiger partial charge is 0.303 e. The summed E-state index contributed by atoms with van der Waals surface area (Å²) in [6, 6.07) is 0. The Morgan fingerprint density at radius 1 is 0.618 bits per heavy atom. The van der Waals surface area contributed by atoms with Crippen molar-refractivity contribution in [1.29, 1.82) is 0 Å². The van der Waals surface area contributed by atoms with Crippen LogP contribution in [-0.4, -0.2) is 128 Å². The normalized spacial score (nSPS) is 27.7. The summed E-state index contributed by atoms with van der Waals surface area (Å²) in [5.74, 6) is -5.64. The molecule has 0 aromatic rings. The van der Waals surface area contributed by atoms with Gasteiger partial charge in [0.15, 0.2) is 48.2 Å². The van der Waals surface area contributed by atoms with Crippen molar-refractivity contribution in [1.82, 2.24) is 15.9 Å². The topological polar surface area (TPSA) is 257 Å². The lowest BCUT2D eigenvalue weighted by Gasteiger charge is -2.49. The van der Waals surface area contributed by atoms with Crippen LogP contribution in [0.15, 0.2) is 0 Å². The SMILES string of the molecule is CCOP(=S)(NNC(=S)N[C@@H]1O[C@H](COC(C)=O)[C@@H](O[C@H]2O[C@H](CC(C)=O)[C@@H](OC(C)=O)[C@H](OC(C)=O)[C@H]2OC(C)=O)[C@H](OC(C)=O)[C@H]1OC(C)=O)OCC. The monoisotopic (exact) mass is 845 g/mol. The maximum absolute atomic E-state index is 12.6. The molecule has 2 saturated heterocycles. The molecule has 2 heterocycles. The molecule has 0 radical (unpaired) electrons. The average molecular weight is 846 g/mol. The first-order valence-electron chi connectivity index (χ1n) is 16.9. The molecule has 55 heavy (non-hydrogen) atoms. The van der Waals surface area contributed by atoms with Crippen LogP contribution < -0.4 is 15.9 Å². The van der Waals surface area contributed by atoms with Crippen LogP contribution in [-0.2, 0) is 97.0 Å². The molecule has 0 spiro atoms. The third kappa shape index (κ3) is 15.6. The molecule has 0 amide bonds. The number of nitrogens with one attached hydrogen (secondary N) is 3. The van der Waals surface area contributed by atoms with Crippen LogP contribution in [0.25, 0.3) is 0 Å². The summed E-state index contributed by atoms with van der Waals surface area (Å²) in [4.78, 5) is 86.5. The number of ether oxygens (including phenoxy) is 9. The summed E-state index contributed by atoms with van der Waals surface area (Å²) in [7, 11) is 0. The van der Waals surface area contributed by atoms with Gasteiger partial charge in [0.25, 0.3) is 6.64 Å². The second kappa shape index (κ2) is 22.4. The van der Waals surface area contributed by atoms with E-state index in [9.17, 15) is 33.6 Å². The molecular formula is C31H48N3O18PS2. The van der Waals surface area contributed by atoms with Gasteiger partial charge in [-0.2, -0.15) is 5.20 Å². The minimum atomic E-state index is -3.07. The van der Waals surface area contributed by atoms with Gasteiger partial charge in [0, 0.05) is 48.0 Å². The number of esters is 6. The zero-order valence-electron chi connectivity index (χ0n) is 31.7. The third-order valence-electron chi connectivity index (χ3n) is 7.14. The Bertz CT molecular complexity index is 1460. The van der Waals surface area contributed by atoms with Gasteiger partial charge in [0.2, 0.25) is 0 Å². The number of hydrogen-bond donors (Lipinski definition) is 3. The number of carbonyl (C=O) groups is 7. The zero-order valence-corrected chi connectivity index (χ0v) is 34.2. The Morgan fingerprint density at radius 3 is 1.56 bits per heavy atom. The van der Waals surface area contributed by atoms with Crippen LogP contribution in [0.4, 0.5) is 0 Å². The summed E-state index contributed by atoms with van der Waals surface area (Å²) in [6.45, 7) is 7.75. The first-order valence-corrected chi connectivity index (χ1v) is 19.9. The average Bonchev–Trinajstić information content (AvgIpc) is 3.04. The molecular weight excluding hydrogens is 797 g/mol. The minimum absolute atomic E-state index is 0.193. The van der Waals surface area contributed by atoms with Gasteiger partial charge in [-0.3, -0.25) is 39.0 Å². The zero-order chi connectivity index (χ0) is 41.6. The minimum Gasteiger partial charge on any atom is -0.463 e. The van der Waals surface area contributed by atoms with E-state index in [1.165, 1.54) is 6.92 Å². The molecule has 0 aromatic heterocycles. The molecule has 0 aromatic carbocycles. The molecule has 3 N–H and O–H groups in total. The summed E-state index contributed by atoms with van der Waals surface area (Å²) in [5, 5.41) is 5.29. The number of Topliss-reactive ketones (excluding diaryl/α,β-unsaturated/α-hetero) is 1. The van der Waals surface area contributed by atoms with Crippen LogP contribution >= 0.6 is 18.9 Å². The highest BCUT2D eigenvalue weighted by atomic mass is 32.5. The van der Waals surface area contributed by atoms with E-state index in [0.717, 1.165) is 41.5 Å². The molecule has 0 aliphatic carbocycles. The summed E-state index contributed by atoms with van der Waals surface area (Å²) >= 11 is 10.9. The molecule has 312 valence electrons. The molecule has 0 unspecified atom stereocenters. The van der Waals surface area contributed by atoms with E-state index >= 15 is 0 Å². The van der Waals surface area contributed by atoms with E-state index in [2.05, 4.69) is 15.9 Å². The number of thiocarbonyl (C=S) groups is 1. The predicted octanol–water partition coefficient (Wildman–Crippen LogP) is 0.288. The van der Waals surface area contributed by atoms with E-state index in [0.29, 0.717) is 0 Å². The van der Waals surface area contributed by atoms with Crippen molar-refractivity contribution < 1.29 is 85.2 Å². The van der Waals surface area contributed by atoms with Crippen molar-refractivity contribution in [3.05, 3.63) is 0 Å². The van der Waals surface area contributed by atoms with E-state index in [1.54, 1.807) is 13.8 Å². The highest BCUT2D eigenvalue weighted by molar-refractivity contribution is 8.08. The fourth-order valence-electron chi connectivity index (χ4n) is 5.47. The van der Waals surface area contributed by atoms with Gasteiger partial charge in [0.1, 0.15) is 30.7 Å². The van der Waals surface area contributed by atoms with Crippen molar-refractivity contribution in [3.63, 3.8) is 0 Å². The maximum atomic E-state index is 12.6. The maximum Gasteiger partial charge on any atom is 0.303 e. The van der Waals surface area contributed by atoms with Crippen LogP contribution in [0.2, 0.25) is 0 Å². The second-order valence-corrected chi connectivity index (χ2v) is 15.4. The highest BCUT2D eigenvalue weighted by Gasteiger charge is 2.57. The number of rotatable bonds is 18. The highest BCUT2D eigenvalue weighted by Crippen LogP contribution is 2.43. The summed E-state index contributed by atoms with van der Waals surface area (Å²) < 4.78 is 62.5. The molecule has 21 nitrogen and oxygen atoms in total. The predicted molar refractivity (Wildman–Crippen MR) is 191 cm³/mol. The number of ketones is 1. The van der Waals surface area contributed by atoms with Gasteiger partial charge >= 0.3 is 35.8 Å². The van der Waals surface area contributed by atoms with Crippen LogP contribution in [0.5, 0.6) is 0 Å². The van der Waals surface area contributed by atoms with E-state index in [1.807, 2.05) is 0 Å². The van der Waals surface area contributed by atoms with Gasteiger partial charge in [0.05, 0.1) is 13.2 Å². The van der Waals surface area contributed by atoms with Crippen molar-refractivity contribution in [3.8, 4) is 0 Å². The van der Waals surface area contributed by atoms with Crippen LogP contribution in [0.3, 0.4) is 0 Å². The third-order valence-corrected chi connectivity index (χ3v) is 9.85. The van der Waals surface area contributed by atoms with E-state index in [4.69, 9.17) is 75.7 Å². The van der Waals surface area contributed by atoms with Gasteiger partial charge in [-0.1, -0.05) is 0 Å². The van der Waals surface area contributed by atoms with Gasteiger partial charge < -0.3 is 57.0 Å². The largest absolute Gasteiger partial charge is 0.463 e. The van der Waals surface area contributed by atoms with Crippen LogP contribution in [0.1, 0.15) is 68.7 Å². The molecule has 0 saturated carbocycles. The van der Waals surface area contributed by atoms with Crippen molar-refractivity contribution in [2.45, 2.75) is 130 Å². The van der Waals surface area contributed by atoms with Gasteiger partial charge in [-0.15, -0.1) is 0 Å². The number of carbonyl (C=O) groups excluding carboxylic acids is 7. The van der Waals surface area contributed by atoms with E-state index in [-0.39, 0.29) is 18.3 Å². The second-order valence-electron chi connectivity index (χ2n) is 11.9. The Morgan fingerprint density at radius 2 is 1.09 bits per heavy atom. The van der Waals surface area contributed by atoms with Gasteiger partial charge in [-0.25, -0.2) is 0 Å². The Kier molecular flexibility index (Phi) is 19.4. The number of hydrazine groups is 1. The molecule has 2 aliphatic heterocycles. The number of hydrogen-bond acceptors (Lipinski definition) is 20. The Balaban J connectivity index is 2.69. The van der Waals surface area contributed by atoms with Crippen LogP contribution in [0, 0.1) is 0 Å². The molecule has 2 rings (SSSR count). The summed E-state index contributed by atoms with van der Waals surface area (Å²) in [5.41, 5.74) is 2.64. The fraction of sp³-hybridized carbons (Fsp3) is 0.742. The van der Waals surface area contributed by atoms with Crippen molar-refractivity contribution >= 4 is 77.4 Å². The van der Waals surface area contributed by atoms with E-state index < -0.39 is 123 Å².